The van der Waals surface area contributed by atoms with E-state index in [0.29, 0.717) is 12.6 Å². The summed E-state index contributed by atoms with van der Waals surface area (Å²) in [7, 11) is 0. The van der Waals surface area contributed by atoms with E-state index >= 15 is 0 Å². The highest BCUT2D eigenvalue weighted by molar-refractivity contribution is 5.86. The Morgan fingerprint density at radius 2 is 1.75 bits per heavy atom. The molecule has 0 aromatic heterocycles. The van der Waals surface area contributed by atoms with Crippen molar-refractivity contribution < 1.29 is 0 Å². The number of guanidine groups is 1. The van der Waals surface area contributed by atoms with Gasteiger partial charge in [-0.25, -0.2) is 4.99 Å². The molecule has 1 aliphatic carbocycles. The summed E-state index contributed by atoms with van der Waals surface area (Å²) in [6, 6.07) is 16.4. The first-order chi connectivity index (χ1) is 13.8. The van der Waals surface area contributed by atoms with Crippen LogP contribution >= 0.6 is 0 Å². The van der Waals surface area contributed by atoms with Gasteiger partial charge < -0.3 is 15.5 Å². The molecule has 1 saturated heterocycles. The summed E-state index contributed by atoms with van der Waals surface area (Å²) in [6.45, 7) is 6.19. The molecule has 2 N–H and O–H groups in total. The number of rotatable bonds is 5. The highest BCUT2D eigenvalue weighted by Gasteiger charge is 2.27. The standard InChI is InChI=1S/C24H34N4/c1-2-25-24(26-18-20-10-7-9-19-8-3-6-13-23(19)20)27-21-14-16-28(17-15-21)22-11-4-5-12-22/h3,6-10,13,21-22H,2,4-5,11-12,14-18H2,1H3,(H2,25,26,27). The SMILES string of the molecule is CCNC(=NCc1cccc2ccccc12)NC1CCN(C2CCCC2)CC1. The highest BCUT2D eigenvalue weighted by atomic mass is 15.2. The number of nitrogens with zero attached hydrogens (tertiary/aromatic N) is 2. The molecule has 1 saturated carbocycles. The topological polar surface area (TPSA) is 39.7 Å². The number of fused-ring (bicyclic) bond motifs is 1. The van der Waals surface area contributed by atoms with Crippen molar-refractivity contribution in [2.75, 3.05) is 19.6 Å². The summed E-state index contributed by atoms with van der Waals surface area (Å²) in [5.41, 5.74) is 1.28. The van der Waals surface area contributed by atoms with Crippen molar-refractivity contribution >= 4 is 16.7 Å². The van der Waals surface area contributed by atoms with Gasteiger partial charge in [0.15, 0.2) is 5.96 Å². The summed E-state index contributed by atoms with van der Waals surface area (Å²) < 4.78 is 0. The molecule has 0 bridgehead atoms. The minimum absolute atomic E-state index is 0.531. The smallest absolute Gasteiger partial charge is 0.191 e. The molecule has 1 aliphatic heterocycles. The molecule has 0 atom stereocenters. The molecule has 0 unspecified atom stereocenters. The van der Waals surface area contributed by atoms with Crippen molar-refractivity contribution in [1.82, 2.24) is 15.5 Å². The van der Waals surface area contributed by atoms with Gasteiger partial charge in [0, 0.05) is 31.7 Å². The maximum absolute atomic E-state index is 4.91. The molecule has 2 aromatic rings. The van der Waals surface area contributed by atoms with Crippen molar-refractivity contribution in [3.8, 4) is 0 Å². The molecular weight excluding hydrogens is 344 g/mol. The van der Waals surface area contributed by atoms with Gasteiger partial charge in [-0.1, -0.05) is 55.3 Å². The van der Waals surface area contributed by atoms with Crippen molar-refractivity contribution in [1.29, 1.82) is 0 Å². The number of piperidine rings is 1. The minimum Gasteiger partial charge on any atom is -0.357 e. The molecule has 0 radical (unpaired) electrons. The Morgan fingerprint density at radius 1 is 1.00 bits per heavy atom. The molecule has 1 heterocycles. The fraction of sp³-hybridized carbons (Fsp3) is 0.542. The normalized spacial score (nSPS) is 20.0. The molecular formula is C24H34N4. The fourth-order valence-electron chi connectivity index (χ4n) is 4.79. The Labute approximate surface area is 169 Å². The second-order valence-corrected chi connectivity index (χ2v) is 8.23. The summed E-state index contributed by atoms with van der Waals surface area (Å²) in [5, 5.41) is 9.72. The van der Waals surface area contributed by atoms with E-state index in [1.165, 1.54) is 68.0 Å². The van der Waals surface area contributed by atoms with E-state index in [9.17, 15) is 0 Å². The van der Waals surface area contributed by atoms with E-state index in [2.05, 4.69) is 64.9 Å². The van der Waals surface area contributed by atoms with Crippen LogP contribution in [-0.4, -0.2) is 42.6 Å². The van der Waals surface area contributed by atoms with Crippen molar-refractivity contribution in [2.45, 2.75) is 64.1 Å². The maximum Gasteiger partial charge on any atom is 0.191 e. The van der Waals surface area contributed by atoms with Crippen LogP contribution in [0.4, 0.5) is 0 Å². The summed E-state index contributed by atoms with van der Waals surface area (Å²) in [5.74, 6) is 0.953. The lowest BCUT2D eigenvalue weighted by Crippen LogP contribution is -2.50. The predicted octanol–water partition coefficient (Wildman–Crippen LogP) is 4.30. The zero-order valence-electron chi connectivity index (χ0n) is 17.2. The average molecular weight is 379 g/mol. The molecule has 28 heavy (non-hydrogen) atoms. The van der Waals surface area contributed by atoms with E-state index < -0.39 is 0 Å². The van der Waals surface area contributed by atoms with Crippen LogP contribution < -0.4 is 10.6 Å². The van der Waals surface area contributed by atoms with Gasteiger partial charge in [0.25, 0.3) is 0 Å². The summed E-state index contributed by atoms with van der Waals surface area (Å²) in [6.07, 6.45) is 8.10. The third kappa shape index (κ3) is 4.67. The molecule has 2 aromatic carbocycles. The van der Waals surface area contributed by atoms with E-state index in [-0.39, 0.29) is 0 Å². The molecule has 150 valence electrons. The molecule has 2 aliphatic rings. The van der Waals surface area contributed by atoms with Crippen molar-refractivity contribution in [2.24, 2.45) is 4.99 Å². The van der Waals surface area contributed by atoms with Crippen LogP contribution in [0.3, 0.4) is 0 Å². The molecule has 2 fully saturated rings. The molecule has 4 nitrogen and oxygen atoms in total. The van der Waals surface area contributed by atoms with Crippen LogP contribution in [0, 0.1) is 0 Å². The van der Waals surface area contributed by atoms with E-state index in [1.54, 1.807) is 0 Å². The highest BCUT2D eigenvalue weighted by Crippen LogP contribution is 2.26. The van der Waals surface area contributed by atoms with Gasteiger partial charge in [-0.2, -0.15) is 0 Å². The summed E-state index contributed by atoms with van der Waals surface area (Å²) >= 11 is 0. The van der Waals surface area contributed by atoms with Gasteiger partial charge in [-0.3, -0.25) is 0 Å². The maximum atomic E-state index is 4.91. The van der Waals surface area contributed by atoms with E-state index in [4.69, 9.17) is 4.99 Å². The Bertz CT molecular complexity index is 781. The number of hydrogen-bond acceptors (Lipinski definition) is 2. The fourth-order valence-corrected chi connectivity index (χ4v) is 4.79. The van der Waals surface area contributed by atoms with Crippen LogP contribution in [0.1, 0.15) is 51.0 Å². The monoisotopic (exact) mass is 378 g/mol. The second kappa shape index (κ2) is 9.42. The van der Waals surface area contributed by atoms with Crippen molar-refractivity contribution in [3.63, 3.8) is 0 Å². The first kappa shape index (κ1) is 19.3. The van der Waals surface area contributed by atoms with Gasteiger partial charge in [-0.05, 0) is 48.9 Å². The first-order valence-electron chi connectivity index (χ1n) is 11.1. The minimum atomic E-state index is 0.531. The van der Waals surface area contributed by atoms with Gasteiger partial charge in [0.05, 0.1) is 6.54 Å². The largest absolute Gasteiger partial charge is 0.357 e. The third-order valence-corrected chi connectivity index (χ3v) is 6.34. The lowest BCUT2D eigenvalue weighted by Gasteiger charge is -2.36. The van der Waals surface area contributed by atoms with E-state index in [1.807, 2.05) is 0 Å². The molecule has 0 amide bonds. The van der Waals surface area contributed by atoms with Crippen LogP contribution in [-0.2, 0) is 6.54 Å². The Balaban J connectivity index is 1.37. The van der Waals surface area contributed by atoms with Gasteiger partial charge >= 0.3 is 0 Å². The number of benzene rings is 2. The summed E-state index contributed by atoms with van der Waals surface area (Å²) in [4.78, 5) is 7.63. The van der Waals surface area contributed by atoms with Gasteiger partial charge in [0.2, 0.25) is 0 Å². The van der Waals surface area contributed by atoms with Crippen LogP contribution in [0.15, 0.2) is 47.5 Å². The zero-order chi connectivity index (χ0) is 19.2. The Hall–Kier alpha value is -2.07. The lowest BCUT2D eigenvalue weighted by atomic mass is 10.0. The Morgan fingerprint density at radius 3 is 2.54 bits per heavy atom. The van der Waals surface area contributed by atoms with Gasteiger partial charge in [-0.15, -0.1) is 0 Å². The first-order valence-corrected chi connectivity index (χ1v) is 11.1. The number of likely N-dealkylation sites (tertiary alicyclic amines) is 1. The number of hydrogen-bond donors (Lipinski definition) is 2. The second-order valence-electron chi connectivity index (χ2n) is 8.23. The molecule has 4 heteroatoms. The number of aliphatic imine (C=N–C) groups is 1. The quantitative estimate of drug-likeness (QED) is 0.602. The van der Waals surface area contributed by atoms with Gasteiger partial charge in [0.1, 0.15) is 0 Å². The van der Waals surface area contributed by atoms with Crippen LogP contribution in [0.2, 0.25) is 0 Å². The predicted molar refractivity (Wildman–Crippen MR) is 119 cm³/mol. The Kier molecular flexibility index (Phi) is 6.48. The van der Waals surface area contributed by atoms with Crippen LogP contribution in [0.5, 0.6) is 0 Å². The van der Waals surface area contributed by atoms with Crippen molar-refractivity contribution in [3.05, 3.63) is 48.0 Å². The number of nitrogens with one attached hydrogen (secondary N) is 2. The van der Waals surface area contributed by atoms with E-state index in [0.717, 1.165) is 18.5 Å². The average Bonchev–Trinajstić information content (AvgIpc) is 3.27. The van der Waals surface area contributed by atoms with Crippen LogP contribution in [0.25, 0.3) is 10.8 Å². The third-order valence-electron chi connectivity index (χ3n) is 6.34. The lowest BCUT2D eigenvalue weighted by molar-refractivity contribution is 0.150. The zero-order valence-corrected chi connectivity index (χ0v) is 17.2. The molecule has 4 rings (SSSR count). The molecule has 0 spiro atoms.